The fourth-order valence-electron chi connectivity index (χ4n) is 0.229. The van der Waals surface area contributed by atoms with Crippen molar-refractivity contribution in [3.8, 4) is 0 Å². The number of carbonyl (C=O) groups excluding carboxylic acids is 1. The molecule has 0 N–H and O–H groups in total. The maximum atomic E-state index is 8.89. The quantitative estimate of drug-likeness (QED) is 0.416. The van der Waals surface area contributed by atoms with Crippen LogP contribution in [-0.2, 0) is 4.79 Å². The van der Waals surface area contributed by atoms with Crippen LogP contribution in [0.2, 0.25) is 0 Å². The highest BCUT2D eigenvalue weighted by Gasteiger charge is 1.86. The van der Waals surface area contributed by atoms with E-state index in [0.29, 0.717) is 6.54 Å². The molecule has 0 aliphatic carbocycles. The number of hydrogen-bond acceptors (Lipinski definition) is 3. The predicted molar refractivity (Wildman–Crippen MR) is 35.5 cm³/mol. The molecule has 0 bridgehead atoms. The first kappa shape index (κ1) is 11.7. The normalized spacial score (nSPS) is 6.90. The smallest absolute Gasteiger partial charge is 0.305 e. The zero-order chi connectivity index (χ0) is 8.41. The lowest BCUT2D eigenvalue weighted by Crippen LogP contribution is -2.16. The van der Waals surface area contributed by atoms with E-state index in [9.17, 15) is 0 Å². The molecule has 0 aliphatic heterocycles. The minimum atomic E-state index is -1.08. The van der Waals surface area contributed by atoms with Crippen LogP contribution < -0.4 is 5.11 Å². The maximum Gasteiger partial charge on any atom is 0.305 e. The van der Waals surface area contributed by atoms with Crippen molar-refractivity contribution in [2.24, 2.45) is 0 Å². The van der Waals surface area contributed by atoms with Gasteiger partial charge < -0.3 is 9.90 Å². The van der Waals surface area contributed by atoms with Gasteiger partial charge in [-0.25, -0.2) is 0 Å². The third-order valence-electron chi connectivity index (χ3n) is 0.612. The highest BCUT2D eigenvalue weighted by atomic mass is 16.4. The van der Waals surface area contributed by atoms with Crippen molar-refractivity contribution in [1.29, 1.82) is 5.39 Å². The summed E-state index contributed by atoms with van der Waals surface area (Å²) in [5.74, 6) is -1.08. The van der Waals surface area contributed by atoms with Crippen molar-refractivity contribution in [2.75, 3.05) is 6.54 Å². The Kier molecular flexibility index (Phi) is 12.6. The van der Waals surface area contributed by atoms with Crippen molar-refractivity contribution in [3.63, 3.8) is 0 Å². The van der Waals surface area contributed by atoms with Crippen LogP contribution in [0, 0.1) is 5.39 Å². The number of carboxylic acid groups (broad SMARTS) is 1. The monoisotopic (exact) mass is 144 g/mol. The molecule has 0 atom stereocenters. The van der Waals surface area contributed by atoms with Crippen LogP contribution in [0.15, 0.2) is 0 Å². The summed E-state index contributed by atoms with van der Waals surface area (Å²) in [6, 6.07) is 0. The van der Waals surface area contributed by atoms with Crippen molar-refractivity contribution >= 4 is 5.97 Å². The van der Waals surface area contributed by atoms with Gasteiger partial charge >= 0.3 is 6.54 Å². The van der Waals surface area contributed by atoms with Crippen LogP contribution in [0.4, 0.5) is 0 Å². The number of nitrogens with zero attached hydrogens (tertiary/aromatic N) is 2. The van der Waals surface area contributed by atoms with Crippen molar-refractivity contribution in [2.45, 2.75) is 26.7 Å². The fraction of sp³-hybridized carbons (Fsp3) is 0.833. The molecule has 0 saturated carbocycles. The molecule has 0 aromatic heterocycles. The van der Waals surface area contributed by atoms with Gasteiger partial charge in [0.05, 0.1) is 0 Å². The zero-order valence-corrected chi connectivity index (χ0v) is 6.33. The number of carbonyl (C=O) groups is 1. The van der Waals surface area contributed by atoms with E-state index in [1.54, 1.807) is 0 Å². The number of unbranched alkanes of at least 4 members (excludes halogenated alkanes) is 1. The van der Waals surface area contributed by atoms with E-state index in [2.05, 4.69) is 11.9 Å². The largest absolute Gasteiger partial charge is 0.550 e. The summed E-state index contributed by atoms with van der Waals surface area (Å²) in [5, 5.41) is 16.7. The number of diazo groups is 1. The minimum Gasteiger partial charge on any atom is -0.550 e. The molecule has 0 unspecified atom stereocenters. The SMILES string of the molecule is CC(=O)[O-].CCCC[N+]#N. The summed E-state index contributed by atoms with van der Waals surface area (Å²) in [6.45, 7) is 3.63. The van der Waals surface area contributed by atoms with E-state index in [0.717, 1.165) is 19.8 Å². The molecule has 0 rings (SSSR count). The second kappa shape index (κ2) is 10.8. The molecule has 4 nitrogen and oxygen atoms in total. The summed E-state index contributed by atoms with van der Waals surface area (Å²) in [6.07, 6.45) is 2.10. The van der Waals surface area contributed by atoms with E-state index in [4.69, 9.17) is 15.3 Å². The first-order chi connectivity index (χ1) is 4.65. The molecule has 0 spiro atoms. The summed E-state index contributed by atoms with van der Waals surface area (Å²) in [5.41, 5.74) is 0. The molecule has 0 saturated heterocycles. The standard InChI is InChI=1S/C4H9N2.C2H4O2/c1-2-3-4-6-5;1-2(3)4/h2-4H2,1H3;1H3,(H,3,4)/q+1;/p-1. The Morgan fingerprint density at radius 2 is 2.10 bits per heavy atom. The van der Waals surface area contributed by atoms with Gasteiger partial charge in [0, 0.05) is 12.4 Å². The Morgan fingerprint density at radius 1 is 1.70 bits per heavy atom. The number of aliphatic carboxylic acids is 1. The third kappa shape index (κ3) is 66.9. The van der Waals surface area contributed by atoms with Crippen molar-refractivity contribution in [3.05, 3.63) is 4.98 Å². The Hall–Kier alpha value is -1.11. The van der Waals surface area contributed by atoms with Gasteiger partial charge in [-0.05, 0) is 13.3 Å². The first-order valence-corrected chi connectivity index (χ1v) is 3.13. The van der Waals surface area contributed by atoms with Gasteiger partial charge in [0.15, 0.2) is 0 Å². The summed E-state index contributed by atoms with van der Waals surface area (Å²) in [7, 11) is 0. The van der Waals surface area contributed by atoms with E-state index >= 15 is 0 Å². The average Bonchev–Trinajstić information content (AvgIpc) is 1.82. The van der Waals surface area contributed by atoms with Crippen LogP contribution in [0.3, 0.4) is 0 Å². The molecule has 0 heterocycles. The van der Waals surface area contributed by atoms with Gasteiger partial charge in [0.1, 0.15) is 4.98 Å². The molecule has 58 valence electrons. The molecule has 0 aliphatic rings. The molecular formula is C6H12N2O2. The maximum absolute atomic E-state index is 8.89. The average molecular weight is 144 g/mol. The Labute approximate surface area is 60.5 Å². The highest BCUT2D eigenvalue weighted by Crippen LogP contribution is 1.83. The van der Waals surface area contributed by atoms with Crippen LogP contribution >= 0.6 is 0 Å². The Bertz CT molecular complexity index is 113. The van der Waals surface area contributed by atoms with E-state index in [1.807, 2.05) is 0 Å². The van der Waals surface area contributed by atoms with Gasteiger partial charge in [0.25, 0.3) is 0 Å². The van der Waals surface area contributed by atoms with Gasteiger partial charge in [0.2, 0.25) is 5.39 Å². The second-order valence-electron chi connectivity index (χ2n) is 1.71. The summed E-state index contributed by atoms with van der Waals surface area (Å²) >= 11 is 0. The molecule has 0 aromatic rings. The highest BCUT2D eigenvalue weighted by molar-refractivity contribution is 5.60. The minimum absolute atomic E-state index is 0.594. The molecule has 0 aromatic carbocycles. The number of rotatable bonds is 2. The summed E-state index contributed by atoms with van der Waals surface area (Å²) in [4.78, 5) is 11.8. The van der Waals surface area contributed by atoms with Crippen LogP contribution in [-0.4, -0.2) is 12.5 Å². The van der Waals surface area contributed by atoms with E-state index in [1.165, 1.54) is 0 Å². The third-order valence-corrected chi connectivity index (χ3v) is 0.612. The molecule has 0 fully saturated rings. The van der Waals surface area contributed by atoms with Crippen LogP contribution in [0.5, 0.6) is 0 Å². The lowest BCUT2D eigenvalue weighted by atomic mass is 10.3. The second-order valence-corrected chi connectivity index (χ2v) is 1.71. The van der Waals surface area contributed by atoms with Gasteiger partial charge in [-0.15, -0.1) is 0 Å². The van der Waals surface area contributed by atoms with E-state index < -0.39 is 5.97 Å². The molecule has 0 radical (unpaired) electrons. The van der Waals surface area contributed by atoms with Gasteiger partial charge in [-0.3, -0.25) is 0 Å². The van der Waals surface area contributed by atoms with Crippen molar-refractivity contribution < 1.29 is 9.90 Å². The molecular weight excluding hydrogens is 132 g/mol. The Morgan fingerprint density at radius 3 is 2.20 bits per heavy atom. The lowest BCUT2D eigenvalue weighted by molar-refractivity contribution is -0.302. The lowest BCUT2D eigenvalue weighted by Gasteiger charge is -1.77. The topological polar surface area (TPSA) is 68.3 Å². The van der Waals surface area contributed by atoms with E-state index in [-0.39, 0.29) is 0 Å². The fourth-order valence-corrected chi connectivity index (χ4v) is 0.229. The van der Waals surface area contributed by atoms with Gasteiger partial charge in [-0.2, -0.15) is 0 Å². The molecule has 10 heavy (non-hydrogen) atoms. The van der Waals surface area contributed by atoms with Crippen LogP contribution in [0.1, 0.15) is 26.7 Å². The number of carboxylic acids is 1. The molecule has 4 heteroatoms. The van der Waals surface area contributed by atoms with Gasteiger partial charge in [-0.1, -0.05) is 6.92 Å². The summed E-state index contributed by atoms with van der Waals surface area (Å²) < 4.78 is 0. The van der Waals surface area contributed by atoms with Crippen molar-refractivity contribution in [1.82, 2.24) is 0 Å². The zero-order valence-electron chi connectivity index (χ0n) is 6.33. The first-order valence-electron chi connectivity index (χ1n) is 3.13. The Balaban J connectivity index is 0. The predicted octanol–water partition coefficient (Wildman–Crippen LogP) is 0.396. The number of hydrogen-bond donors (Lipinski definition) is 0. The molecule has 0 amide bonds. The van der Waals surface area contributed by atoms with Crippen LogP contribution in [0.25, 0.3) is 4.98 Å².